The first kappa shape index (κ1) is 12.8. The normalized spacial score (nSPS) is 10.2. The zero-order chi connectivity index (χ0) is 13.8. The van der Waals surface area contributed by atoms with Crippen LogP contribution in [-0.4, -0.2) is 28.7 Å². The number of para-hydroxylation sites is 1. The highest BCUT2D eigenvalue weighted by atomic mass is 16.5. The molecule has 1 aromatic carbocycles. The molecule has 6 heteroatoms. The summed E-state index contributed by atoms with van der Waals surface area (Å²) in [4.78, 5) is 24.2. The average molecular weight is 260 g/mol. The zero-order valence-corrected chi connectivity index (χ0v) is 10.2. The Morgan fingerprint density at radius 3 is 2.53 bits per heavy atom. The van der Waals surface area contributed by atoms with Crippen LogP contribution < -0.4 is 4.90 Å². The van der Waals surface area contributed by atoms with Gasteiger partial charge in [-0.25, -0.2) is 0 Å². The zero-order valence-electron chi connectivity index (χ0n) is 10.2. The number of carbonyl (C=O) groups is 2. The molecule has 0 bridgehead atoms. The molecule has 0 aliphatic carbocycles. The highest BCUT2D eigenvalue weighted by molar-refractivity contribution is 6.06. The molecule has 1 amide bonds. The molecule has 2 rings (SSSR count). The van der Waals surface area contributed by atoms with Gasteiger partial charge in [0.15, 0.2) is 0 Å². The van der Waals surface area contributed by atoms with Crippen molar-refractivity contribution in [1.29, 1.82) is 0 Å². The van der Waals surface area contributed by atoms with E-state index in [0.717, 1.165) is 4.90 Å². The van der Waals surface area contributed by atoms with Crippen LogP contribution in [-0.2, 0) is 4.79 Å². The summed E-state index contributed by atoms with van der Waals surface area (Å²) in [6, 6.07) is 10.0. The van der Waals surface area contributed by atoms with Crippen molar-refractivity contribution in [2.45, 2.75) is 6.92 Å². The highest BCUT2D eigenvalue weighted by Crippen LogP contribution is 2.17. The quantitative estimate of drug-likeness (QED) is 0.904. The van der Waals surface area contributed by atoms with Gasteiger partial charge in [-0.3, -0.25) is 14.5 Å². The van der Waals surface area contributed by atoms with E-state index in [9.17, 15) is 9.59 Å². The number of anilines is 1. The van der Waals surface area contributed by atoms with Crippen LogP contribution in [0, 0.1) is 6.92 Å². The third kappa shape index (κ3) is 2.98. The molecule has 6 nitrogen and oxygen atoms in total. The molecule has 1 aromatic heterocycles. The summed E-state index contributed by atoms with van der Waals surface area (Å²) in [7, 11) is 0. The second-order valence-electron chi connectivity index (χ2n) is 3.95. The topological polar surface area (TPSA) is 83.6 Å². The Hall–Kier alpha value is -2.63. The maximum atomic E-state index is 12.2. The Balaban J connectivity index is 2.33. The predicted molar refractivity (Wildman–Crippen MR) is 67.0 cm³/mol. The number of aryl methyl sites for hydroxylation is 1. The molecule has 0 atom stereocenters. The van der Waals surface area contributed by atoms with Gasteiger partial charge in [-0.1, -0.05) is 23.4 Å². The SMILES string of the molecule is Cc1cc(C(=O)N(CC(=O)O)c2ccccc2)on1. The van der Waals surface area contributed by atoms with Crippen molar-refractivity contribution in [3.8, 4) is 0 Å². The fourth-order valence-corrected chi connectivity index (χ4v) is 1.62. The van der Waals surface area contributed by atoms with Gasteiger partial charge in [0, 0.05) is 11.8 Å². The first-order valence-electron chi connectivity index (χ1n) is 5.60. The minimum Gasteiger partial charge on any atom is -0.480 e. The van der Waals surface area contributed by atoms with Crippen molar-refractivity contribution >= 4 is 17.6 Å². The molecule has 0 saturated heterocycles. The molecule has 1 N–H and O–H groups in total. The number of aliphatic carboxylic acids is 1. The number of carboxylic acid groups (broad SMARTS) is 1. The van der Waals surface area contributed by atoms with Crippen LogP contribution in [0.1, 0.15) is 16.2 Å². The molecule has 0 unspecified atom stereocenters. The number of aromatic nitrogens is 1. The Kier molecular flexibility index (Phi) is 3.61. The lowest BCUT2D eigenvalue weighted by atomic mass is 10.2. The van der Waals surface area contributed by atoms with Crippen molar-refractivity contribution in [3.63, 3.8) is 0 Å². The van der Waals surface area contributed by atoms with Gasteiger partial charge in [0.05, 0.1) is 5.69 Å². The Labute approximate surface area is 109 Å². The third-order valence-electron chi connectivity index (χ3n) is 2.45. The number of carboxylic acids is 1. The van der Waals surface area contributed by atoms with Crippen LogP contribution in [0.5, 0.6) is 0 Å². The second kappa shape index (κ2) is 5.34. The van der Waals surface area contributed by atoms with E-state index >= 15 is 0 Å². The lowest BCUT2D eigenvalue weighted by Crippen LogP contribution is -2.35. The minimum absolute atomic E-state index is 0.0163. The van der Waals surface area contributed by atoms with E-state index in [0.29, 0.717) is 11.4 Å². The summed E-state index contributed by atoms with van der Waals surface area (Å²) in [6.45, 7) is 1.24. The van der Waals surface area contributed by atoms with Gasteiger partial charge in [-0.05, 0) is 19.1 Å². The number of hydrogen-bond donors (Lipinski definition) is 1. The van der Waals surface area contributed by atoms with Gasteiger partial charge in [-0.15, -0.1) is 0 Å². The van der Waals surface area contributed by atoms with E-state index in [4.69, 9.17) is 9.63 Å². The highest BCUT2D eigenvalue weighted by Gasteiger charge is 2.23. The average Bonchev–Trinajstić information content (AvgIpc) is 2.83. The van der Waals surface area contributed by atoms with Gasteiger partial charge >= 0.3 is 5.97 Å². The lowest BCUT2D eigenvalue weighted by Gasteiger charge is -2.19. The van der Waals surface area contributed by atoms with Crippen molar-refractivity contribution in [2.24, 2.45) is 0 Å². The molecule has 0 saturated carbocycles. The van der Waals surface area contributed by atoms with Crippen LogP contribution in [0.2, 0.25) is 0 Å². The molecule has 0 fully saturated rings. The Morgan fingerprint density at radius 2 is 2.00 bits per heavy atom. The molecule has 0 spiro atoms. The van der Waals surface area contributed by atoms with E-state index in [1.165, 1.54) is 6.07 Å². The first-order valence-corrected chi connectivity index (χ1v) is 5.60. The lowest BCUT2D eigenvalue weighted by molar-refractivity contribution is -0.135. The molecule has 0 aliphatic heterocycles. The summed E-state index contributed by atoms with van der Waals surface area (Å²) >= 11 is 0. The van der Waals surface area contributed by atoms with Crippen molar-refractivity contribution in [2.75, 3.05) is 11.4 Å². The number of hydrogen-bond acceptors (Lipinski definition) is 4. The molecule has 0 radical (unpaired) electrons. The third-order valence-corrected chi connectivity index (χ3v) is 2.45. The summed E-state index contributed by atoms with van der Waals surface area (Å²) in [5.41, 5.74) is 1.05. The smallest absolute Gasteiger partial charge is 0.323 e. The van der Waals surface area contributed by atoms with E-state index in [1.807, 2.05) is 0 Å². The predicted octanol–water partition coefficient (Wildman–Crippen LogP) is 1.71. The van der Waals surface area contributed by atoms with Gasteiger partial charge in [0.25, 0.3) is 5.91 Å². The summed E-state index contributed by atoms with van der Waals surface area (Å²) < 4.78 is 4.88. The van der Waals surface area contributed by atoms with E-state index in [2.05, 4.69) is 5.16 Å². The second-order valence-corrected chi connectivity index (χ2v) is 3.95. The van der Waals surface area contributed by atoms with Gasteiger partial charge in [0.1, 0.15) is 6.54 Å². The Bertz CT molecular complexity index is 592. The van der Waals surface area contributed by atoms with Crippen molar-refractivity contribution in [3.05, 3.63) is 47.9 Å². The maximum absolute atomic E-state index is 12.2. The van der Waals surface area contributed by atoms with Gasteiger partial charge in [0.2, 0.25) is 5.76 Å². The van der Waals surface area contributed by atoms with Gasteiger partial charge in [-0.2, -0.15) is 0 Å². The fourth-order valence-electron chi connectivity index (χ4n) is 1.62. The van der Waals surface area contributed by atoms with E-state index < -0.39 is 18.4 Å². The number of nitrogens with zero attached hydrogens (tertiary/aromatic N) is 2. The minimum atomic E-state index is -1.10. The van der Waals surface area contributed by atoms with E-state index in [-0.39, 0.29) is 5.76 Å². The molecule has 19 heavy (non-hydrogen) atoms. The van der Waals surface area contributed by atoms with Crippen molar-refractivity contribution in [1.82, 2.24) is 5.16 Å². The van der Waals surface area contributed by atoms with Crippen LogP contribution in [0.15, 0.2) is 40.9 Å². The van der Waals surface area contributed by atoms with Crippen LogP contribution >= 0.6 is 0 Å². The molecule has 0 aliphatic rings. The largest absolute Gasteiger partial charge is 0.480 e. The molecular weight excluding hydrogens is 248 g/mol. The van der Waals surface area contributed by atoms with Crippen LogP contribution in [0.3, 0.4) is 0 Å². The fraction of sp³-hybridized carbons (Fsp3) is 0.154. The number of benzene rings is 1. The van der Waals surface area contributed by atoms with Gasteiger partial charge < -0.3 is 9.63 Å². The molecule has 1 heterocycles. The number of rotatable bonds is 4. The molecular formula is C13H12N2O4. The molecule has 2 aromatic rings. The summed E-state index contributed by atoms with van der Waals surface area (Å²) in [6.07, 6.45) is 0. The number of carbonyl (C=O) groups excluding carboxylic acids is 1. The standard InChI is InChI=1S/C13H12N2O4/c1-9-7-11(19-14-9)13(18)15(8-12(16)17)10-5-3-2-4-6-10/h2-7H,8H2,1H3,(H,16,17). The van der Waals surface area contributed by atoms with E-state index in [1.54, 1.807) is 37.3 Å². The first-order chi connectivity index (χ1) is 9.08. The monoisotopic (exact) mass is 260 g/mol. The van der Waals surface area contributed by atoms with Crippen LogP contribution in [0.25, 0.3) is 0 Å². The summed E-state index contributed by atoms with van der Waals surface area (Å²) in [5.74, 6) is -1.62. The summed E-state index contributed by atoms with van der Waals surface area (Å²) in [5, 5.41) is 12.5. The maximum Gasteiger partial charge on any atom is 0.323 e. The van der Waals surface area contributed by atoms with Crippen molar-refractivity contribution < 1.29 is 19.2 Å². The van der Waals surface area contributed by atoms with Crippen LogP contribution in [0.4, 0.5) is 5.69 Å². The number of amides is 1. The molecule has 98 valence electrons. The Morgan fingerprint density at radius 1 is 1.32 bits per heavy atom.